The van der Waals surface area contributed by atoms with Crippen LogP contribution in [0.4, 0.5) is 0 Å². The second-order valence-electron chi connectivity index (χ2n) is 6.07. The van der Waals surface area contributed by atoms with Gasteiger partial charge in [-0.1, -0.05) is 47.5 Å². The Labute approximate surface area is 109 Å². The summed E-state index contributed by atoms with van der Waals surface area (Å²) in [6, 6.07) is 0.760. The van der Waals surface area contributed by atoms with E-state index in [-0.39, 0.29) is 5.41 Å². The second kappa shape index (κ2) is 8.93. The third kappa shape index (κ3) is 7.05. The van der Waals surface area contributed by atoms with Crippen LogP contribution in [0.15, 0.2) is 0 Å². The van der Waals surface area contributed by atoms with Crippen LogP contribution in [-0.2, 0) is 0 Å². The molecule has 0 spiro atoms. The van der Waals surface area contributed by atoms with Gasteiger partial charge in [-0.3, -0.25) is 4.90 Å². The van der Waals surface area contributed by atoms with Gasteiger partial charge in [-0.15, -0.1) is 0 Å². The van der Waals surface area contributed by atoms with E-state index in [1.54, 1.807) is 0 Å². The van der Waals surface area contributed by atoms with Gasteiger partial charge in [-0.05, 0) is 37.8 Å². The molecule has 0 bridgehead atoms. The van der Waals surface area contributed by atoms with Crippen LogP contribution < -0.4 is 5.73 Å². The SMILES string of the molecule is CCCC(CCC)N(CCC)CC(C)(C)CN. The van der Waals surface area contributed by atoms with Crippen LogP contribution in [-0.4, -0.2) is 30.6 Å². The molecule has 104 valence electrons. The van der Waals surface area contributed by atoms with E-state index in [4.69, 9.17) is 5.73 Å². The molecular weight excluding hydrogens is 208 g/mol. The summed E-state index contributed by atoms with van der Waals surface area (Å²) >= 11 is 0. The lowest BCUT2D eigenvalue weighted by atomic mass is 9.91. The van der Waals surface area contributed by atoms with Gasteiger partial charge in [0.2, 0.25) is 0 Å². The van der Waals surface area contributed by atoms with Crippen LogP contribution in [0.1, 0.15) is 66.7 Å². The minimum absolute atomic E-state index is 0.245. The van der Waals surface area contributed by atoms with Crippen molar-refractivity contribution in [3.63, 3.8) is 0 Å². The van der Waals surface area contributed by atoms with Crippen molar-refractivity contribution >= 4 is 0 Å². The number of hydrogen-bond donors (Lipinski definition) is 1. The lowest BCUT2D eigenvalue weighted by Gasteiger charge is -2.37. The van der Waals surface area contributed by atoms with E-state index < -0.39 is 0 Å². The minimum atomic E-state index is 0.245. The van der Waals surface area contributed by atoms with Gasteiger partial charge >= 0.3 is 0 Å². The molecule has 0 aromatic carbocycles. The van der Waals surface area contributed by atoms with Crippen molar-refractivity contribution < 1.29 is 0 Å². The molecule has 0 saturated carbocycles. The molecule has 0 aliphatic heterocycles. The molecule has 0 heterocycles. The summed E-state index contributed by atoms with van der Waals surface area (Å²) in [5, 5.41) is 0. The van der Waals surface area contributed by atoms with Crippen molar-refractivity contribution in [3.05, 3.63) is 0 Å². The minimum Gasteiger partial charge on any atom is -0.330 e. The predicted molar refractivity (Wildman–Crippen MR) is 78.3 cm³/mol. The van der Waals surface area contributed by atoms with Crippen LogP contribution in [0.5, 0.6) is 0 Å². The van der Waals surface area contributed by atoms with E-state index in [0.29, 0.717) is 0 Å². The van der Waals surface area contributed by atoms with E-state index in [1.165, 1.54) is 38.6 Å². The van der Waals surface area contributed by atoms with Crippen molar-refractivity contribution in [1.29, 1.82) is 0 Å². The number of nitrogens with zero attached hydrogens (tertiary/aromatic N) is 1. The molecule has 0 aliphatic rings. The van der Waals surface area contributed by atoms with E-state index in [2.05, 4.69) is 39.5 Å². The summed E-state index contributed by atoms with van der Waals surface area (Å²) in [6.07, 6.45) is 6.47. The molecular formula is C15H34N2. The maximum Gasteiger partial charge on any atom is 0.00952 e. The smallest absolute Gasteiger partial charge is 0.00952 e. The third-order valence-electron chi connectivity index (χ3n) is 3.45. The van der Waals surface area contributed by atoms with E-state index in [0.717, 1.165) is 19.1 Å². The van der Waals surface area contributed by atoms with Gasteiger partial charge < -0.3 is 5.73 Å². The molecule has 2 N–H and O–H groups in total. The Morgan fingerprint density at radius 3 is 1.88 bits per heavy atom. The first-order valence-corrected chi connectivity index (χ1v) is 7.44. The second-order valence-corrected chi connectivity index (χ2v) is 6.07. The van der Waals surface area contributed by atoms with Crippen LogP contribution >= 0.6 is 0 Å². The van der Waals surface area contributed by atoms with Crippen molar-refractivity contribution in [2.45, 2.75) is 72.8 Å². The number of nitrogens with two attached hydrogens (primary N) is 1. The lowest BCUT2D eigenvalue weighted by Crippen LogP contribution is -2.44. The van der Waals surface area contributed by atoms with Crippen molar-refractivity contribution in [3.8, 4) is 0 Å². The zero-order valence-corrected chi connectivity index (χ0v) is 12.8. The average molecular weight is 242 g/mol. The highest BCUT2D eigenvalue weighted by molar-refractivity contribution is 4.79. The highest BCUT2D eigenvalue weighted by atomic mass is 15.2. The van der Waals surface area contributed by atoms with Crippen LogP contribution in [0.25, 0.3) is 0 Å². The van der Waals surface area contributed by atoms with Gasteiger partial charge in [0.25, 0.3) is 0 Å². The summed E-state index contributed by atoms with van der Waals surface area (Å²) in [5.41, 5.74) is 6.12. The zero-order chi connectivity index (χ0) is 13.3. The first-order valence-electron chi connectivity index (χ1n) is 7.44. The summed E-state index contributed by atoms with van der Waals surface area (Å²) in [4.78, 5) is 2.68. The average Bonchev–Trinajstić information content (AvgIpc) is 2.28. The van der Waals surface area contributed by atoms with Crippen molar-refractivity contribution in [1.82, 2.24) is 4.90 Å². The molecule has 0 rings (SSSR count). The fraction of sp³-hybridized carbons (Fsp3) is 1.00. The fourth-order valence-electron chi connectivity index (χ4n) is 2.47. The Bertz CT molecular complexity index is 172. The first kappa shape index (κ1) is 16.9. The van der Waals surface area contributed by atoms with Gasteiger partial charge in [-0.2, -0.15) is 0 Å². The predicted octanol–water partition coefficient (Wildman–Crippen LogP) is 3.65. The van der Waals surface area contributed by atoms with Gasteiger partial charge in [-0.25, -0.2) is 0 Å². The molecule has 0 amide bonds. The first-order chi connectivity index (χ1) is 8.00. The van der Waals surface area contributed by atoms with Gasteiger partial charge in [0, 0.05) is 12.6 Å². The van der Waals surface area contributed by atoms with Gasteiger partial charge in [0.15, 0.2) is 0 Å². The Hall–Kier alpha value is -0.0800. The normalized spacial score (nSPS) is 12.7. The standard InChI is InChI=1S/C15H34N2/c1-6-9-14(10-7-2)17(11-8-3)13-15(4,5)12-16/h14H,6-13,16H2,1-5H3. The molecule has 0 aromatic rings. The van der Waals surface area contributed by atoms with Crippen LogP contribution in [0, 0.1) is 5.41 Å². The molecule has 2 heteroatoms. The Morgan fingerprint density at radius 2 is 1.53 bits per heavy atom. The van der Waals surface area contributed by atoms with Crippen LogP contribution in [0.2, 0.25) is 0 Å². The van der Waals surface area contributed by atoms with Gasteiger partial charge in [0.05, 0.1) is 0 Å². The third-order valence-corrected chi connectivity index (χ3v) is 3.45. The molecule has 0 aromatic heterocycles. The summed E-state index contributed by atoms with van der Waals surface area (Å²) in [6.45, 7) is 14.6. The Kier molecular flexibility index (Phi) is 8.89. The molecule has 0 radical (unpaired) electrons. The molecule has 0 fully saturated rings. The Balaban J connectivity index is 4.53. The summed E-state index contributed by atoms with van der Waals surface area (Å²) in [7, 11) is 0. The van der Waals surface area contributed by atoms with E-state index in [1.807, 2.05) is 0 Å². The molecule has 0 atom stereocenters. The topological polar surface area (TPSA) is 29.3 Å². The maximum absolute atomic E-state index is 5.87. The zero-order valence-electron chi connectivity index (χ0n) is 12.8. The quantitative estimate of drug-likeness (QED) is 0.633. The van der Waals surface area contributed by atoms with E-state index in [9.17, 15) is 0 Å². The highest BCUT2D eigenvalue weighted by Crippen LogP contribution is 2.21. The van der Waals surface area contributed by atoms with Gasteiger partial charge in [0.1, 0.15) is 0 Å². The molecule has 17 heavy (non-hydrogen) atoms. The van der Waals surface area contributed by atoms with Crippen molar-refractivity contribution in [2.24, 2.45) is 11.1 Å². The summed E-state index contributed by atoms with van der Waals surface area (Å²) < 4.78 is 0. The fourth-order valence-corrected chi connectivity index (χ4v) is 2.47. The Morgan fingerprint density at radius 1 is 1.00 bits per heavy atom. The van der Waals surface area contributed by atoms with E-state index >= 15 is 0 Å². The lowest BCUT2D eigenvalue weighted by molar-refractivity contribution is 0.119. The monoisotopic (exact) mass is 242 g/mol. The highest BCUT2D eigenvalue weighted by Gasteiger charge is 2.24. The molecule has 0 saturated heterocycles. The molecule has 2 nitrogen and oxygen atoms in total. The number of rotatable bonds is 10. The van der Waals surface area contributed by atoms with Crippen molar-refractivity contribution in [2.75, 3.05) is 19.6 Å². The number of hydrogen-bond acceptors (Lipinski definition) is 2. The van der Waals surface area contributed by atoms with Crippen LogP contribution in [0.3, 0.4) is 0 Å². The largest absolute Gasteiger partial charge is 0.330 e. The molecule has 0 unspecified atom stereocenters. The maximum atomic E-state index is 5.87. The molecule has 0 aliphatic carbocycles. The summed E-state index contributed by atoms with van der Waals surface area (Å²) in [5.74, 6) is 0.